The Morgan fingerprint density at radius 2 is 2.00 bits per heavy atom. The number of aromatic nitrogens is 4. The number of aryl methyl sites for hydroxylation is 1. The van der Waals surface area contributed by atoms with Crippen LogP contribution in [0.3, 0.4) is 0 Å². The van der Waals surface area contributed by atoms with Crippen LogP contribution in [-0.4, -0.2) is 25.7 Å². The largest absolute Gasteiger partial charge is 0.298 e. The number of pyridine rings is 1. The van der Waals surface area contributed by atoms with Gasteiger partial charge < -0.3 is 0 Å². The van der Waals surface area contributed by atoms with E-state index in [0.717, 1.165) is 16.0 Å². The first-order valence-electron chi connectivity index (χ1n) is 9.17. The van der Waals surface area contributed by atoms with Gasteiger partial charge in [-0.3, -0.25) is 15.1 Å². The zero-order chi connectivity index (χ0) is 22.8. The summed E-state index contributed by atoms with van der Waals surface area (Å²) in [6.45, 7) is 1.45. The summed E-state index contributed by atoms with van der Waals surface area (Å²) in [5, 5.41) is 16.3. The van der Waals surface area contributed by atoms with Crippen molar-refractivity contribution in [3.63, 3.8) is 0 Å². The van der Waals surface area contributed by atoms with E-state index in [0.29, 0.717) is 11.4 Å². The van der Waals surface area contributed by atoms with Crippen LogP contribution in [-0.2, 0) is 0 Å². The Kier molecular flexibility index (Phi) is 5.94. The number of hydrogen-bond acceptors (Lipinski definition) is 6. The summed E-state index contributed by atoms with van der Waals surface area (Å²) in [6, 6.07) is 13.5. The van der Waals surface area contributed by atoms with Crippen LogP contribution in [0, 0.1) is 18.3 Å². The van der Waals surface area contributed by atoms with Crippen molar-refractivity contribution in [2.45, 2.75) is 13.3 Å². The van der Waals surface area contributed by atoms with Gasteiger partial charge in [0.1, 0.15) is 22.3 Å². The average molecular weight is 471 g/mol. The zero-order valence-corrected chi connectivity index (χ0v) is 18.0. The summed E-state index contributed by atoms with van der Waals surface area (Å²) in [5.74, 6) is -0.818. The van der Waals surface area contributed by atoms with Gasteiger partial charge in [0.25, 0.3) is 12.3 Å². The van der Waals surface area contributed by atoms with Crippen LogP contribution in [0.4, 0.5) is 13.9 Å². The monoisotopic (exact) mass is 470 g/mol. The van der Waals surface area contributed by atoms with Crippen molar-refractivity contribution in [3.8, 4) is 23.1 Å². The predicted molar refractivity (Wildman–Crippen MR) is 116 cm³/mol. The highest BCUT2D eigenvalue weighted by atomic mass is 35.5. The van der Waals surface area contributed by atoms with E-state index < -0.39 is 18.0 Å². The molecule has 1 N–H and O–H groups in total. The van der Waals surface area contributed by atoms with E-state index in [1.807, 2.05) is 6.07 Å². The van der Waals surface area contributed by atoms with E-state index in [9.17, 15) is 18.8 Å². The second-order valence-electron chi connectivity index (χ2n) is 6.49. The van der Waals surface area contributed by atoms with Crippen molar-refractivity contribution in [2.24, 2.45) is 0 Å². The molecule has 160 valence electrons. The van der Waals surface area contributed by atoms with Gasteiger partial charge in [-0.2, -0.15) is 10.4 Å². The lowest BCUT2D eigenvalue weighted by molar-refractivity contribution is 0.100. The number of benzene rings is 1. The van der Waals surface area contributed by atoms with E-state index in [4.69, 9.17) is 11.6 Å². The van der Waals surface area contributed by atoms with Crippen LogP contribution in [0.5, 0.6) is 0 Å². The third-order valence-electron chi connectivity index (χ3n) is 4.47. The molecule has 11 heteroatoms. The number of para-hydroxylation sites is 1. The Labute approximate surface area is 189 Å². The fourth-order valence-electron chi connectivity index (χ4n) is 3.12. The van der Waals surface area contributed by atoms with Gasteiger partial charge in [-0.15, -0.1) is 0 Å². The zero-order valence-electron chi connectivity index (χ0n) is 16.4. The highest BCUT2D eigenvalue weighted by Gasteiger charge is 2.29. The molecule has 0 aliphatic heterocycles. The lowest BCUT2D eigenvalue weighted by Gasteiger charge is -2.10. The van der Waals surface area contributed by atoms with Crippen molar-refractivity contribution in [1.82, 2.24) is 19.7 Å². The number of nitrogens with one attached hydrogen (secondary N) is 1. The molecule has 3 aromatic heterocycles. The van der Waals surface area contributed by atoms with Crippen molar-refractivity contribution >= 4 is 34.0 Å². The fraction of sp³-hybridized carbons (Fsp3) is 0.0952. The molecule has 0 unspecified atom stereocenters. The highest BCUT2D eigenvalue weighted by Crippen LogP contribution is 2.33. The second-order valence-corrected chi connectivity index (χ2v) is 7.89. The first-order chi connectivity index (χ1) is 15.4. The maximum Gasteiger partial charge on any atom is 0.281 e. The van der Waals surface area contributed by atoms with Gasteiger partial charge in [0.15, 0.2) is 5.13 Å². The number of nitriles is 1. The molecule has 1 amide bonds. The third-order valence-corrected chi connectivity index (χ3v) is 5.66. The molecule has 1 aromatic carbocycles. The standard InChI is InChI=1S/C21H13ClF2N6OS/c1-11-16(18(19(23)24)30(29-11)14-8-3-2-6-12(14)22)20(31)28-21-27-17(15(10-25)32-21)13-7-4-5-9-26-13/h2-9,19H,1H3,(H,27,28,31). The van der Waals surface area contributed by atoms with Gasteiger partial charge in [-0.25, -0.2) is 18.4 Å². The number of thiazole rings is 1. The van der Waals surface area contributed by atoms with Gasteiger partial charge in [0.2, 0.25) is 0 Å². The smallest absolute Gasteiger partial charge is 0.281 e. The molecule has 4 aromatic rings. The molecule has 0 bridgehead atoms. The van der Waals surface area contributed by atoms with Crippen LogP contribution >= 0.6 is 22.9 Å². The molecule has 4 rings (SSSR count). The molecule has 7 nitrogen and oxygen atoms in total. The summed E-state index contributed by atoms with van der Waals surface area (Å²) < 4.78 is 29.0. The minimum atomic E-state index is -3.00. The SMILES string of the molecule is Cc1nn(-c2ccccc2Cl)c(C(F)F)c1C(=O)Nc1nc(-c2ccccn2)c(C#N)s1. The number of amides is 1. The number of hydrogen-bond donors (Lipinski definition) is 1. The quantitative estimate of drug-likeness (QED) is 0.420. The number of halogens is 3. The molecule has 3 heterocycles. The summed E-state index contributed by atoms with van der Waals surface area (Å²) in [7, 11) is 0. The molecule has 32 heavy (non-hydrogen) atoms. The lowest BCUT2D eigenvalue weighted by atomic mass is 10.1. The Morgan fingerprint density at radius 3 is 2.66 bits per heavy atom. The van der Waals surface area contributed by atoms with E-state index in [1.54, 1.807) is 42.6 Å². The molecule has 0 atom stereocenters. The first kappa shape index (κ1) is 21.5. The molecule has 0 radical (unpaired) electrons. The Balaban J connectivity index is 1.73. The summed E-state index contributed by atoms with van der Waals surface area (Å²) in [4.78, 5) is 21.6. The van der Waals surface area contributed by atoms with Crippen molar-refractivity contribution in [2.75, 3.05) is 5.32 Å². The number of nitrogens with zero attached hydrogens (tertiary/aromatic N) is 5. The van der Waals surface area contributed by atoms with Crippen LogP contribution in [0.15, 0.2) is 48.7 Å². The molecule has 0 saturated carbocycles. The van der Waals surface area contributed by atoms with Gasteiger partial charge in [-0.05, 0) is 31.2 Å². The van der Waals surface area contributed by atoms with Gasteiger partial charge in [0.05, 0.1) is 27.7 Å². The van der Waals surface area contributed by atoms with Crippen molar-refractivity contribution in [3.05, 3.63) is 75.5 Å². The van der Waals surface area contributed by atoms with E-state index >= 15 is 0 Å². The van der Waals surface area contributed by atoms with E-state index in [1.165, 1.54) is 13.0 Å². The Bertz CT molecular complexity index is 1350. The molecular formula is C21H13ClF2N6OS. The molecule has 0 saturated heterocycles. The number of carbonyl (C=O) groups excluding carboxylic acids is 1. The van der Waals surface area contributed by atoms with Gasteiger partial charge in [0, 0.05) is 6.20 Å². The molecule has 0 fully saturated rings. The summed E-state index contributed by atoms with van der Waals surface area (Å²) in [5.41, 5.74) is 0.204. The predicted octanol–water partition coefficient (Wildman–Crippen LogP) is 5.41. The number of anilines is 1. The summed E-state index contributed by atoms with van der Waals surface area (Å²) in [6.07, 6.45) is -1.45. The lowest BCUT2D eigenvalue weighted by Crippen LogP contribution is -2.15. The minimum absolute atomic E-state index is 0.0808. The van der Waals surface area contributed by atoms with Gasteiger partial charge >= 0.3 is 0 Å². The van der Waals surface area contributed by atoms with E-state index in [-0.39, 0.29) is 32.0 Å². The molecule has 0 aliphatic carbocycles. The van der Waals surface area contributed by atoms with Crippen LogP contribution in [0.1, 0.15) is 33.0 Å². The second kappa shape index (κ2) is 8.82. The Hall–Kier alpha value is -3.68. The first-order valence-corrected chi connectivity index (χ1v) is 10.4. The number of rotatable bonds is 5. The summed E-state index contributed by atoms with van der Waals surface area (Å²) >= 11 is 7.07. The number of alkyl halides is 2. The fourth-order valence-corrected chi connectivity index (χ4v) is 4.10. The van der Waals surface area contributed by atoms with Crippen molar-refractivity contribution < 1.29 is 13.6 Å². The van der Waals surface area contributed by atoms with Crippen LogP contribution in [0.2, 0.25) is 5.02 Å². The normalized spacial score (nSPS) is 10.9. The van der Waals surface area contributed by atoms with Crippen LogP contribution < -0.4 is 5.32 Å². The van der Waals surface area contributed by atoms with Crippen molar-refractivity contribution in [1.29, 1.82) is 5.26 Å². The minimum Gasteiger partial charge on any atom is -0.298 e. The average Bonchev–Trinajstić information content (AvgIpc) is 3.35. The topological polar surface area (TPSA) is 96.5 Å². The van der Waals surface area contributed by atoms with Gasteiger partial charge in [-0.1, -0.05) is 41.1 Å². The highest BCUT2D eigenvalue weighted by molar-refractivity contribution is 7.16. The third kappa shape index (κ3) is 3.95. The molecular weight excluding hydrogens is 458 g/mol. The molecule has 0 spiro atoms. The maximum absolute atomic E-state index is 14.0. The van der Waals surface area contributed by atoms with E-state index in [2.05, 4.69) is 20.4 Å². The molecule has 0 aliphatic rings. The number of carbonyl (C=O) groups is 1. The Morgan fingerprint density at radius 1 is 1.25 bits per heavy atom. The van der Waals surface area contributed by atoms with Crippen LogP contribution in [0.25, 0.3) is 17.1 Å². The maximum atomic E-state index is 14.0.